The number of fused-ring (bicyclic) bond motifs is 1. The van der Waals surface area contributed by atoms with Gasteiger partial charge in [-0.15, -0.1) is 12.6 Å². The van der Waals surface area contributed by atoms with Gasteiger partial charge in [-0.1, -0.05) is 18.2 Å². The van der Waals surface area contributed by atoms with Crippen LogP contribution in [-0.4, -0.2) is 19.7 Å². The molecule has 3 aromatic carbocycles. The molecule has 3 rings (SSSR count). The Morgan fingerprint density at radius 1 is 1.13 bits per heavy atom. The van der Waals surface area contributed by atoms with Crippen LogP contribution in [0.5, 0.6) is 5.75 Å². The smallest absolute Gasteiger partial charge is 0.344 e. The summed E-state index contributed by atoms with van der Waals surface area (Å²) in [6.45, 7) is 2.61. The minimum Gasteiger partial charge on any atom is -0.497 e. The molecule has 0 aliphatic carbocycles. The van der Waals surface area contributed by atoms with Crippen molar-refractivity contribution in [3.63, 3.8) is 0 Å². The van der Waals surface area contributed by atoms with Crippen molar-refractivity contribution < 1.29 is 14.3 Å². The van der Waals surface area contributed by atoms with Gasteiger partial charge in [0.05, 0.1) is 30.3 Å². The van der Waals surface area contributed by atoms with Gasteiger partial charge in [-0.25, -0.2) is 4.79 Å². The largest absolute Gasteiger partial charge is 0.497 e. The molecule has 1 N–H and O–H groups in total. The molecule has 152 valence electrons. The van der Waals surface area contributed by atoms with Gasteiger partial charge in [0.2, 0.25) is 0 Å². The highest BCUT2D eigenvalue weighted by molar-refractivity contribution is 7.85. The molecule has 0 radical (unpaired) electrons. The molecule has 6 heteroatoms. The number of nitrogens with one attached hydrogen (secondary N) is 1. The SMILES string of the molecule is CCOC(=O)/C(S)=C/c1cc(OC)ccc1NCc1ccc2ccc(C#N)cc2c1. The van der Waals surface area contributed by atoms with Crippen molar-refractivity contribution in [1.82, 2.24) is 0 Å². The maximum absolute atomic E-state index is 11.9. The highest BCUT2D eigenvalue weighted by Gasteiger charge is 2.09. The van der Waals surface area contributed by atoms with Gasteiger partial charge < -0.3 is 14.8 Å². The van der Waals surface area contributed by atoms with Crippen LogP contribution in [0, 0.1) is 11.3 Å². The lowest BCUT2D eigenvalue weighted by Crippen LogP contribution is -2.05. The Labute approximate surface area is 181 Å². The quantitative estimate of drug-likeness (QED) is 0.315. The Morgan fingerprint density at radius 3 is 2.67 bits per heavy atom. The standard InChI is InChI=1S/C24H22N2O3S/c1-3-29-24(27)23(30)13-20-12-21(28-2)8-9-22(20)26-15-17-5-7-18-6-4-16(14-25)10-19(18)11-17/h4-13,26,30H,3,15H2,1-2H3/b23-13-. The number of methoxy groups -OCH3 is 1. The average molecular weight is 419 g/mol. The van der Waals surface area contributed by atoms with Crippen LogP contribution >= 0.6 is 12.6 Å². The molecule has 0 bridgehead atoms. The number of carbonyl (C=O) groups excluding carboxylic acids is 1. The Balaban J connectivity index is 1.86. The van der Waals surface area contributed by atoms with E-state index in [1.807, 2.05) is 48.5 Å². The van der Waals surface area contributed by atoms with Crippen molar-refractivity contribution in [1.29, 1.82) is 5.26 Å². The first-order chi connectivity index (χ1) is 14.5. The summed E-state index contributed by atoms with van der Waals surface area (Å²) in [5, 5.41) is 14.6. The molecule has 0 spiro atoms. The fourth-order valence-corrected chi connectivity index (χ4v) is 3.24. The van der Waals surface area contributed by atoms with Gasteiger partial charge in [0.25, 0.3) is 0 Å². The maximum atomic E-state index is 11.9. The Kier molecular flexibility index (Phi) is 6.99. The third-order valence-corrected chi connectivity index (χ3v) is 4.86. The molecule has 0 amide bonds. The monoisotopic (exact) mass is 418 g/mol. The number of rotatable bonds is 7. The molecule has 30 heavy (non-hydrogen) atoms. The molecule has 0 aliphatic rings. The van der Waals surface area contributed by atoms with Gasteiger partial charge in [-0.05, 0) is 65.7 Å². The molecular formula is C24H22N2O3S. The number of benzene rings is 3. The second kappa shape index (κ2) is 9.86. The lowest BCUT2D eigenvalue weighted by atomic mass is 10.0. The molecule has 0 saturated carbocycles. The highest BCUT2D eigenvalue weighted by atomic mass is 32.1. The van der Waals surface area contributed by atoms with Crippen molar-refractivity contribution in [3.05, 3.63) is 76.2 Å². The molecule has 0 aliphatic heterocycles. The van der Waals surface area contributed by atoms with Gasteiger partial charge in [-0.2, -0.15) is 5.26 Å². The highest BCUT2D eigenvalue weighted by Crippen LogP contribution is 2.26. The summed E-state index contributed by atoms with van der Waals surface area (Å²) >= 11 is 4.27. The Morgan fingerprint density at radius 2 is 1.93 bits per heavy atom. The number of anilines is 1. The number of ether oxygens (including phenoxy) is 2. The zero-order chi connectivity index (χ0) is 21.5. The normalized spacial score (nSPS) is 11.1. The topological polar surface area (TPSA) is 71.3 Å². The van der Waals surface area contributed by atoms with Gasteiger partial charge in [0.15, 0.2) is 0 Å². The van der Waals surface area contributed by atoms with Crippen molar-refractivity contribution in [2.45, 2.75) is 13.5 Å². The predicted molar refractivity (Wildman–Crippen MR) is 123 cm³/mol. The Hall–Kier alpha value is -3.43. The van der Waals surface area contributed by atoms with E-state index in [1.54, 1.807) is 20.1 Å². The van der Waals surface area contributed by atoms with E-state index < -0.39 is 5.97 Å². The van der Waals surface area contributed by atoms with Crippen molar-refractivity contribution in [3.8, 4) is 11.8 Å². The van der Waals surface area contributed by atoms with Gasteiger partial charge in [0, 0.05) is 17.8 Å². The summed E-state index contributed by atoms with van der Waals surface area (Å²) in [6, 6.07) is 19.5. The zero-order valence-corrected chi connectivity index (χ0v) is 17.7. The van der Waals surface area contributed by atoms with Gasteiger partial charge in [0.1, 0.15) is 5.75 Å². The van der Waals surface area contributed by atoms with E-state index in [-0.39, 0.29) is 11.5 Å². The van der Waals surface area contributed by atoms with Gasteiger partial charge >= 0.3 is 5.97 Å². The lowest BCUT2D eigenvalue weighted by molar-refractivity contribution is -0.137. The molecule has 0 fully saturated rings. The van der Waals surface area contributed by atoms with E-state index in [2.05, 4.69) is 30.1 Å². The van der Waals surface area contributed by atoms with Crippen LogP contribution in [0.4, 0.5) is 5.69 Å². The van der Waals surface area contributed by atoms with Crippen LogP contribution in [0.3, 0.4) is 0 Å². The molecule has 0 aromatic heterocycles. The van der Waals surface area contributed by atoms with E-state index >= 15 is 0 Å². The van der Waals surface area contributed by atoms with Crippen LogP contribution in [0.1, 0.15) is 23.6 Å². The van der Waals surface area contributed by atoms with Gasteiger partial charge in [-0.3, -0.25) is 0 Å². The summed E-state index contributed by atoms with van der Waals surface area (Å²) < 4.78 is 10.3. The van der Waals surface area contributed by atoms with Crippen LogP contribution in [0.15, 0.2) is 59.5 Å². The van der Waals surface area contributed by atoms with E-state index in [9.17, 15) is 4.79 Å². The third kappa shape index (κ3) is 5.13. The number of nitriles is 1. The number of hydrogen-bond donors (Lipinski definition) is 2. The zero-order valence-electron chi connectivity index (χ0n) is 16.8. The van der Waals surface area contributed by atoms with Crippen molar-refractivity contribution >= 4 is 41.1 Å². The summed E-state index contributed by atoms with van der Waals surface area (Å²) in [7, 11) is 1.59. The van der Waals surface area contributed by atoms with Crippen LogP contribution < -0.4 is 10.1 Å². The molecule has 3 aromatic rings. The second-order valence-corrected chi connectivity index (χ2v) is 7.05. The van der Waals surface area contributed by atoms with Crippen LogP contribution in [0.25, 0.3) is 16.8 Å². The number of esters is 1. The number of nitrogens with zero attached hydrogens (tertiary/aromatic N) is 1. The van der Waals surface area contributed by atoms with E-state index in [0.29, 0.717) is 17.9 Å². The molecular weight excluding hydrogens is 396 g/mol. The third-order valence-electron chi connectivity index (χ3n) is 4.55. The maximum Gasteiger partial charge on any atom is 0.344 e. The van der Waals surface area contributed by atoms with Crippen molar-refractivity contribution in [2.24, 2.45) is 0 Å². The first-order valence-corrected chi connectivity index (χ1v) is 9.91. The summed E-state index contributed by atoms with van der Waals surface area (Å²) in [4.78, 5) is 12.1. The number of hydrogen-bond acceptors (Lipinski definition) is 6. The number of carbonyl (C=O) groups is 1. The molecule has 5 nitrogen and oxygen atoms in total. The Bertz CT molecular complexity index is 1150. The second-order valence-electron chi connectivity index (χ2n) is 6.56. The minimum absolute atomic E-state index is 0.211. The molecule has 0 unspecified atom stereocenters. The van der Waals surface area contributed by atoms with E-state index in [4.69, 9.17) is 14.7 Å². The summed E-state index contributed by atoms with van der Waals surface area (Å²) in [5.41, 5.74) is 3.30. The van der Waals surface area contributed by atoms with Crippen LogP contribution in [-0.2, 0) is 16.1 Å². The lowest BCUT2D eigenvalue weighted by Gasteiger charge is -2.13. The average Bonchev–Trinajstić information content (AvgIpc) is 2.77. The van der Waals surface area contributed by atoms with E-state index in [0.717, 1.165) is 27.6 Å². The predicted octanol–water partition coefficient (Wildman–Crippen LogP) is 5.17. The number of thiol groups is 1. The molecule has 0 saturated heterocycles. The molecule has 0 atom stereocenters. The fraction of sp³-hybridized carbons (Fsp3) is 0.167. The fourth-order valence-electron chi connectivity index (χ4n) is 3.03. The van der Waals surface area contributed by atoms with E-state index in [1.165, 1.54) is 0 Å². The minimum atomic E-state index is -0.475. The summed E-state index contributed by atoms with van der Waals surface area (Å²) in [5.74, 6) is 0.198. The molecule has 0 heterocycles. The van der Waals surface area contributed by atoms with Crippen molar-refractivity contribution in [2.75, 3.05) is 19.0 Å². The summed E-state index contributed by atoms with van der Waals surface area (Å²) in [6.07, 6.45) is 1.66. The first kappa shape index (κ1) is 21.3. The van der Waals surface area contributed by atoms with Crippen LogP contribution in [0.2, 0.25) is 0 Å². The first-order valence-electron chi connectivity index (χ1n) is 9.46.